The third-order valence-corrected chi connectivity index (χ3v) is 5.10. The van der Waals surface area contributed by atoms with Crippen LogP contribution in [0.15, 0.2) is 65.8 Å². The van der Waals surface area contributed by atoms with Gasteiger partial charge in [0.25, 0.3) is 5.56 Å². The number of pyridine rings is 1. The molecule has 0 aliphatic heterocycles. The Bertz CT molecular complexity index is 1230. The normalized spacial score (nSPS) is 12.2. The number of aryl methyl sites for hydroxylation is 1. The van der Waals surface area contributed by atoms with E-state index in [1.54, 1.807) is 25.7 Å². The number of hydrogen-bond acceptors (Lipinski definition) is 3. The van der Waals surface area contributed by atoms with Gasteiger partial charge in [-0.1, -0.05) is 30.3 Å². The molecule has 7 heteroatoms. The van der Waals surface area contributed by atoms with Crippen molar-refractivity contribution < 1.29 is 4.21 Å². The van der Waals surface area contributed by atoms with Crippen molar-refractivity contribution in [3.8, 4) is 11.1 Å². The van der Waals surface area contributed by atoms with Gasteiger partial charge < -0.3 is 14.3 Å². The summed E-state index contributed by atoms with van der Waals surface area (Å²) in [5.74, 6) is 0. The van der Waals surface area contributed by atoms with E-state index in [4.69, 9.17) is 0 Å². The second-order valence-electron chi connectivity index (χ2n) is 6.71. The second-order valence-corrected chi connectivity index (χ2v) is 7.82. The molecule has 28 heavy (non-hydrogen) atoms. The molecule has 4 rings (SSSR count). The highest BCUT2D eigenvalue weighted by molar-refractivity contribution is 7.85. The minimum Gasteiger partial charge on any atom is -0.328 e. The van der Waals surface area contributed by atoms with Crippen molar-refractivity contribution in [2.45, 2.75) is 13.5 Å². The quantitative estimate of drug-likeness (QED) is 0.546. The van der Waals surface area contributed by atoms with Gasteiger partial charge in [-0.15, -0.1) is 0 Å². The Hall–Kier alpha value is -3.19. The van der Waals surface area contributed by atoms with Crippen LogP contribution >= 0.6 is 0 Å². The molecule has 0 saturated heterocycles. The number of nitrogens with zero attached hydrogens (tertiary/aromatic N) is 2. The molecule has 2 aromatic carbocycles. The first kappa shape index (κ1) is 18.2. The standard InChI is InChI=1S/C21H20N4O2S/c1-14-8-17(11-22-21(14)26)16-9-18(24-28(2)27)20-19(10-16)25(13-23-20)12-15-6-4-3-5-7-15/h3-11,13,24H,12H2,1-2H3,(H,22,26). The predicted octanol–water partition coefficient (Wildman–Crippen LogP) is 3.45. The maximum Gasteiger partial charge on any atom is 0.250 e. The number of H-pyrrole nitrogens is 1. The SMILES string of the molecule is Cc1cc(-c2cc(NS(C)=O)c3ncn(Cc4ccccc4)c3c2)c[nH]c1=O. The minimum atomic E-state index is -1.23. The number of rotatable bonds is 5. The predicted molar refractivity (Wildman–Crippen MR) is 114 cm³/mol. The largest absolute Gasteiger partial charge is 0.328 e. The van der Waals surface area contributed by atoms with Gasteiger partial charge >= 0.3 is 0 Å². The minimum absolute atomic E-state index is 0.105. The van der Waals surface area contributed by atoms with Gasteiger partial charge in [0.1, 0.15) is 16.5 Å². The maximum atomic E-state index is 11.8. The van der Waals surface area contributed by atoms with E-state index in [1.807, 2.05) is 36.4 Å². The van der Waals surface area contributed by atoms with Gasteiger partial charge in [-0.2, -0.15) is 0 Å². The van der Waals surface area contributed by atoms with Crippen molar-refractivity contribution in [2.75, 3.05) is 11.0 Å². The summed E-state index contributed by atoms with van der Waals surface area (Å²) < 4.78 is 16.9. The molecule has 2 N–H and O–H groups in total. The van der Waals surface area contributed by atoms with E-state index >= 15 is 0 Å². The molecule has 6 nitrogen and oxygen atoms in total. The van der Waals surface area contributed by atoms with Gasteiger partial charge in [-0.25, -0.2) is 9.19 Å². The Labute approximate surface area is 164 Å². The number of hydrogen-bond donors (Lipinski definition) is 2. The molecule has 0 fully saturated rings. The Kier molecular flexibility index (Phi) is 4.83. The average Bonchev–Trinajstić information content (AvgIpc) is 3.07. The molecule has 1 atom stereocenters. The Morgan fingerprint density at radius 2 is 1.93 bits per heavy atom. The van der Waals surface area contributed by atoms with Gasteiger partial charge in [0, 0.05) is 24.6 Å². The van der Waals surface area contributed by atoms with Crippen LogP contribution in [0.25, 0.3) is 22.2 Å². The van der Waals surface area contributed by atoms with E-state index < -0.39 is 11.0 Å². The molecule has 4 aromatic rings. The first-order chi connectivity index (χ1) is 13.5. The monoisotopic (exact) mass is 392 g/mol. The van der Waals surface area contributed by atoms with E-state index in [-0.39, 0.29) is 5.56 Å². The first-order valence-electron chi connectivity index (χ1n) is 8.84. The van der Waals surface area contributed by atoms with E-state index in [9.17, 15) is 9.00 Å². The van der Waals surface area contributed by atoms with Crippen molar-refractivity contribution in [2.24, 2.45) is 0 Å². The molecule has 0 aliphatic carbocycles. The molecular formula is C21H20N4O2S. The molecule has 2 aromatic heterocycles. The zero-order chi connectivity index (χ0) is 19.7. The van der Waals surface area contributed by atoms with Crippen LogP contribution in [0.2, 0.25) is 0 Å². The maximum absolute atomic E-state index is 11.8. The van der Waals surface area contributed by atoms with Crippen LogP contribution < -0.4 is 10.3 Å². The van der Waals surface area contributed by atoms with Crippen LogP contribution in [-0.4, -0.2) is 25.0 Å². The van der Waals surface area contributed by atoms with E-state index in [1.165, 1.54) is 5.56 Å². The van der Waals surface area contributed by atoms with Gasteiger partial charge in [0.05, 0.1) is 17.5 Å². The lowest BCUT2D eigenvalue weighted by atomic mass is 10.0. The number of aromatic nitrogens is 3. The zero-order valence-electron chi connectivity index (χ0n) is 15.6. The fraction of sp³-hybridized carbons (Fsp3) is 0.143. The number of anilines is 1. The highest BCUT2D eigenvalue weighted by Crippen LogP contribution is 2.31. The summed E-state index contributed by atoms with van der Waals surface area (Å²) in [7, 11) is -1.23. The van der Waals surface area contributed by atoms with Crippen LogP contribution in [0.1, 0.15) is 11.1 Å². The average molecular weight is 392 g/mol. The van der Waals surface area contributed by atoms with Crippen molar-refractivity contribution in [3.05, 3.63) is 82.5 Å². The Morgan fingerprint density at radius 1 is 1.14 bits per heavy atom. The fourth-order valence-electron chi connectivity index (χ4n) is 3.23. The first-order valence-corrected chi connectivity index (χ1v) is 10.4. The van der Waals surface area contributed by atoms with Crippen LogP contribution in [-0.2, 0) is 17.5 Å². The zero-order valence-corrected chi connectivity index (χ0v) is 16.4. The molecule has 0 bridgehead atoms. The van der Waals surface area contributed by atoms with Crippen LogP contribution in [0.3, 0.4) is 0 Å². The highest BCUT2D eigenvalue weighted by Gasteiger charge is 2.13. The molecule has 142 valence electrons. The molecule has 1 unspecified atom stereocenters. The number of aromatic amines is 1. The van der Waals surface area contributed by atoms with E-state index in [0.717, 1.165) is 22.2 Å². The van der Waals surface area contributed by atoms with Crippen molar-refractivity contribution >= 4 is 27.7 Å². The highest BCUT2D eigenvalue weighted by atomic mass is 32.2. The molecule has 0 saturated carbocycles. The summed E-state index contributed by atoms with van der Waals surface area (Å²) in [6, 6.07) is 16.0. The van der Waals surface area contributed by atoms with Gasteiger partial charge in [-0.05, 0) is 41.8 Å². The summed E-state index contributed by atoms with van der Waals surface area (Å²) in [6.45, 7) is 2.46. The second kappa shape index (κ2) is 7.44. The fourth-order valence-corrected chi connectivity index (χ4v) is 3.70. The number of fused-ring (bicyclic) bond motifs is 1. The van der Waals surface area contributed by atoms with Gasteiger partial charge in [0.2, 0.25) is 0 Å². The smallest absolute Gasteiger partial charge is 0.250 e. The summed E-state index contributed by atoms with van der Waals surface area (Å²) in [5.41, 5.74) is 5.89. The lowest BCUT2D eigenvalue weighted by Gasteiger charge is -2.11. The van der Waals surface area contributed by atoms with Crippen molar-refractivity contribution in [1.82, 2.24) is 14.5 Å². The van der Waals surface area contributed by atoms with Crippen molar-refractivity contribution in [1.29, 1.82) is 0 Å². The molecule has 0 aliphatic rings. The van der Waals surface area contributed by atoms with Gasteiger partial charge in [-0.3, -0.25) is 4.79 Å². The number of nitrogens with one attached hydrogen (secondary N) is 2. The van der Waals surface area contributed by atoms with E-state index in [2.05, 4.69) is 31.4 Å². The van der Waals surface area contributed by atoms with Crippen LogP contribution in [0.4, 0.5) is 5.69 Å². The number of benzene rings is 2. The number of imidazole rings is 1. The summed E-state index contributed by atoms with van der Waals surface area (Å²) >= 11 is 0. The van der Waals surface area contributed by atoms with Gasteiger partial charge in [0.15, 0.2) is 0 Å². The van der Waals surface area contributed by atoms with Crippen LogP contribution in [0, 0.1) is 6.92 Å². The topological polar surface area (TPSA) is 79.8 Å². The Balaban J connectivity index is 1.88. The summed E-state index contributed by atoms with van der Waals surface area (Å²) in [5, 5.41) is 0. The third-order valence-electron chi connectivity index (χ3n) is 4.60. The third kappa shape index (κ3) is 3.61. The molecule has 0 radical (unpaired) electrons. The molecule has 0 spiro atoms. The Morgan fingerprint density at radius 3 is 2.64 bits per heavy atom. The summed E-state index contributed by atoms with van der Waals surface area (Å²) in [6.07, 6.45) is 5.08. The lowest BCUT2D eigenvalue weighted by Crippen LogP contribution is -2.08. The molecular weight excluding hydrogens is 372 g/mol. The van der Waals surface area contributed by atoms with Crippen molar-refractivity contribution in [3.63, 3.8) is 0 Å². The van der Waals surface area contributed by atoms with Crippen LogP contribution in [0.5, 0.6) is 0 Å². The van der Waals surface area contributed by atoms with E-state index in [0.29, 0.717) is 17.8 Å². The molecule has 0 amide bonds. The summed E-state index contributed by atoms with van der Waals surface area (Å²) in [4.78, 5) is 19.0. The lowest BCUT2D eigenvalue weighted by molar-refractivity contribution is 0.690. The molecule has 2 heterocycles.